The van der Waals surface area contributed by atoms with Gasteiger partial charge in [0.05, 0.1) is 38.3 Å². The van der Waals surface area contributed by atoms with Crippen LogP contribution in [0, 0.1) is 5.82 Å². The number of nitrogens with one attached hydrogen (secondary N) is 1. The molecule has 0 aromatic heterocycles. The van der Waals surface area contributed by atoms with Gasteiger partial charge in [0.25, 0.3) is 0 Å². The summed E-state index contributed by atoms with van der Waals surface area (Å²) < 4.78 is 63.5. The van der Waals surface area contributed by atoms with Crippen molar-refractivity contribution in [2.75, 3.05) is 59.9 Å². The van der Waals surface area contributed by atoms with Crippen molar-refractivity contribution in [3.63, 3.8) is 0 Å². The molecule has 13 heteroatoms. The fraction of sp³-hybridized carbons (Fsp3) is 0.542. The van der Waals surface area contributed by atoms with Crippen molar-refractivity contribution in [1.29, 1.82) is 0 Å². The van der Waals surface area contributed by atoms with Crippen molar-refractivity contribution in [1.82, 2.24) is 15.1 Å². The summed E-state index contributed by atoms with van der Waals surface area (Å²) in [5.74, 6) is 0.143. The summed E-state index contributed by atoms with van der Waals surface area (Å²) in [4.78, 5) is 17.6. The van der Waals surface area contributed by atoms with Gasteiger partial charge in [-0.1, -0.05) is 17.7 Å². The molecule has 206 valence electrons. The molecular formula is C24H31ClF4N4O3S. The Morgan fingerprint density at radius 1 is 1.35 bits per heavy atom. The standard InChI is InChI=1S/C24H31ClF4N4O3S/c1-30-7-11-37-15-21-31-23(18-5-4-16(26)12-19(18)25)22(24(27,28)29)20(32(21)2)13-33-8-10-35-14-17(33)6-9-36-34-3/h4-5,7,11-12,17,23,30H,6,8-10,13-15H2,1-3H3/b11-7-. The summed E-state index contributed by atoms with van der Waals surface area (Å²) >= 11 is 7.64. The number of ether oxygens (including phenoxy) is 1. The van der Waals surface area contributed by atoms with Crippen LogP contribution in [0.25, 0.3) is 0 Å². The Morgan fingerprint density at radius 3 is 2.81 bits per heavy atom. The van der Waals surface area contributed by atoms with Gasteiger partial charge in [0, 0.05) is 50.1 Å². The summed E-state index contributed by atoms with van der Waals surface area (Å²) in [5, 5.41) is 4.57. The molecule has 2 aliphatic rings. The van der Waals surface area contributed by atoms with Gasteiger partial charge < -0.3 is 15.0 Å². The van der Waals surface area contributed by atoms with Gasteiger partial charge in [-0.05, 0) is 29.5 Å². The highest BCUT2D eigenvalue weighted by atomic mass is 35.5. The highest BCUT2D eigenvalue weighted by Crippen LogP contribution is 2.45. The van der Waals surface area contributed by atoms with E-state index in [1.165, 1.54) is 29.8 Å². The number of amidine groups is 1. The molecule has 2 aliphatic heterocycles. The van der Waals surface area contributed by atoms with E-state index in [-0.39, 0.29) is 35.5 Å². The van der Waals surface area contributed by atoms with Crippen molar-refractivity contribution in [2.24, 2.45) is 4.99 Å². The predicted octanol–water partition coefficient (Wildman–Crippen LogP) is 4.77. The summed E-state index contributed by atoms with van der Waals surface area (Å²) in [6, 6.07) is 1.78. The molecular weight excluding hydrogens is 536 g/mol. The van der Waals surface area contributed by atoms with E-state index in [2.05, 4.69) is 15.2 Å². The highest BCUT2D eigenvalue weighted by Gasteiger charge is 2.46. The van der Waals surface area contributed by atoms with Crippen molar-refractivity contribution in [3.8, 4) is 0 Å². The van der Waals surface area contributed by atoms with Crippen molar-refractivity contribution in [3.05, 3.63) is 57.5 Å². The van der Waals surface area contributed by atoms with Crippen molar-refractivity contribution >= 4 is 29.2 Å². The number of hydrogen-bond acceptors (Lipinski definition) is 8. The van der Waals surface area contributed by atoms with Crippen LogP contribution in [0.4, 0.5) is 17.6 Å². The minimum Gasteiger partial charge on any atom is -0.394 e. The number of morpholine rings is 1. The molecule has 0 bridgehead atoms. The zero-order valence-corrected chi connectivity index (χ0v) is 22.4. The quantitative estimate of drug-likeness (QED) is 0.179. The third-order valence-corrected chi connectivity index (χ3v) is 7.20. The third kappa shape index (κ3) is 7.84. The van der Waals surface area contributed by atoms with Gasteiger partial charge in [-0.25, -0.2) is 14.2 Å². The number of likely N-dealkylation sites (N-methyl/N-ethyl adjacent to an activating group) is 1. The largest absolute Gasteiger partial charge is 0.416 e. The average Bonchev–Trinajstić information content (AvgIpc) is 2.84. The first-order valence-electron chi connectivity index (χ1n) is 11.6. The maximum Gasteiger partial charge on any atom is 0.416 e. The minimum atomic E-state index is -4.71. The number of alkyl halides is 3. The van der Waals surface area contributed by atoms with Crippen LogP contribution in [0.3, 0.4) is 0 Å². The molecule has 2 unspecified atom stereocenters. The molecule has 1 aromatic rings. The summed E-state index contributed by atoms with van der Waals surface area (Å²) in [6.07, 6.45) is -2.47. The number of thioether (sulfide) groups is 1. The second-order valence-corrected chi connectivity index (χ2v) is 9.71. The minimum absolute atomic E-state index is 0.0116. The first-order chi connectivity index (χ1) is 17.7. The molecule has 1 N–H and O–H groups in total. The summed E-state index contributed by atoms with van der Waals surface area (Å²) in [7, 11) is 4.74. The normalized spacial score (nSPS) is 21.6. The van der Waals surface area contributed by atoms with Gasteiger partial charge in [0.1, 0.15) is 17.7 Å². The Bertz CT molecular complexity index is 1010. The second-order valence-electron chi connectivity index (χ2n) is 8.41. The number of benzene rings is 1. The predicted molar refractivity (Wildman–Crippen MR) is 137 cm³/mol. The summed E-state index contributed by atoms with van der Waals surface area (Å²) in [6.45, 7) is 1.51. The van der Waals surface area contributed by atoms with Gasteiger partial charge in [-0.3, -0.25) is 9.89 Å². The molecule has 37 heavy (non-hydrogen) atoms. The van der Waals surface area contributed by atoms with E-state index in [4.69, 9.17) is 21.2 Å². The van der Waals surface area contributed by atoms with Gasteiger partial charge in [-0.2, -0.15) is 13.2 Å². The number of rotatable bonds is 11. The van der Waals surface area contributed by atoms with Crippen molar-refractivity contribution in [2.45, 2.75) is 24.7 Å². The zero-order chi connectivity index (χ0) is 27.0. The van der Waals surface area contributed by atoms with Crippen LogP contribution in [-0.2, 0) is 14.5 Å². The van der Waals surface area contributed by atoms with Gasteiger partial charge in [0.2, 0.25) is 0 Å². The molecule has 0 spiro atoms. The topological polar surface area (TPSA) is 58.6 Å². The van der Waals surface area contributed by atoms with E-state index >= 15 is 0 Å². The number of nitrogens with zero attached hydrogens (tertiary/aromatic N) is 3. The van der Waals surface area contributed by atoms with Gasteiger partial charge in [-0.15, -0.1) is 11.8 Å². The zero-order valence-electron chi connectivity index (χ0n) is 20.9. The lowest BCUT2D eigenvalue weighted by Crippen LogP contribution is -2.50. The average molecular weight is 567 g/mol. The smallest absolute Gasteiger partial charge is 0.394 e. The Morgan fingerprint density at radius 2 is 2.14 bits per heavy atom. The van der Waals surface area contributed by atoms with Gasteiger partial charge >= 0.3 is 6.18 Å². The molecule has 1 fully saturated rings. The van der Waals surface area contributed by atoms with E-state index in [9.17, 15) is 17.6 Å². The maximum atomic E-state index is 14.7. The molecule has 3 rings (SSSR count). The molecule has 0 amide bonds. The Kier molecular flexibility index (Phi) is 11.1. The lowest BCUT2D eigenvalue weighted by molar-refractivity contribution is -0.275. The number of aliphatic imine (C=N–C) groups is 1. The van der Waals surface area contributed by atoms with Crippen molar-refractivity contribution < 1.29 is 32.1 Å². The molecule has 1 saturated heterocycles. The number of halogens is 5. The molecule has 2 atom stereocenters. The SMILES string of the molecule is CN/C=C\SCC1=NC(c2ccc(F)cc2Cl)C(C(F)(F)F)=C(CN2CCOCC2CCOOC)N1C. The van der Waals surface area contributed by atoms with Gasteiger partial charge in [0.15, 0.2) is 0 Å². The molecule has 0 aliphatic carbocycles. The molecule has 0 saturated carbocycles. The van der Waals surface area contributed by atoms with Crippen LogP contribution in [0.2, 0.25) is 5.02 Å². The van der Waals surface area contributed by atoms with E-state index in [1.54, 1.807) is 25.7 Å². The molecule has 7 nitrogen and oxygen atoms in total. The van der Waals surface area contributed by atoms with Crippen LogP contribution in [0.1, 0.15) is 18.0 Å². The fourth-order valence-electron chi connectivity index (χ4n) is 4.25. The second kappa shape index (κ2) is 13.8. The third-order valence-electron chi connectivity index (χ3n) is 6.11. The first-order valence-corrected chi connectivity index (χ1v) is 13.1. The van der Waals surface area contributed by atoms with E-state index in [0.717, 1.165) is 12.1 Å². The maximum absolute atomic E-state index is 14.7. The van der Waals surface area contributed by atoms with Crippen LogP contribution in [0.5, 0.6) is 0 Å². The Hall–Kier alpha value is -1.83. The lowest BCUT2D eigenvalue weighted by atomic mass is 9.94. The van der Waals surface area contributed by atoms with Crippen LogP contribution in [-0.4, -0.2) is 87.7 Å². The van der Waals surface area contributed by atoms with E-state index in [0.29, 0.717) is 37.8 Å². The lowest BCUT2D eigenvalue weighted by Gasteiger charge is -2.41. The molecule has 0 radical (unpaired) electrons. The highest BCUT2D eigenvalue weighted by molar-refractivity contribution is 8.02. The number of hydrogen-bond donors (Lipinski definition) is 1. The summed E-state index contributed by atoms with van der Waals surface area (Å²) in [5.41, 5.74) is -0.650. The first kappa shape index (κ1) is 29.7. The van der Waals surface area contributed by atoms with Crippen LogP contribution >= 0.6 is 23.4 Å². The monoisotopic (exact) mass is 566 g/mol. The molecule has 2 heterocycles. The molecule has 1 aromatic carbocycles. The van der Waals surface area contributed by atoms with E-state index in [1.807, 2.05) is 4.90 Å². The van der Waals surface area contributed by atoms with Crippen LogP contribution in [0.15, 0.2) is 46.1 Å². The Labute approximate surface area is 223 Å². The van der Waals surface area contributed by atoms with E-state index < -0.39 is 23.6 Å². The fourth-order valence-corrected chi connectivity index (χ4v) is 5.26. The Balaban J connectivity index is 2.05. The van der Waals surface area contributed by atoms with Crippen LogP contribution < -0.4 is 5.32 Å².